The Balaban J connectivity index is 1.54. The smallest absolute Gasteiger partial charge is 0.237 e. The molecule has 0 spiro atoms. The van der Waals surface area contributed by atoms with Crippen LogP contribution in [0.15, 0.2) is 22.8 Å². The Hall–Kier alpha value is -1.37. The van der Waals surface area contributed by atoms with E-state index in [1.54, 1.807) is 6.26 Å². The molecule has 2 aliphatic rings. The third-order valence-corrected chi connectivity index (χ3v) is 4.37. The number of nitrogens with zero attached hydrogens (tertiary/aromatic N) is 1. The zero-order chi connectivity index (χ0) is 14.7. The molecule has 0 saturated carbocycles. The highest BCUT2D eigenvalue weighted by atomic mass is 16.5. The summed E-state index contributed by atoms with van der Waals surface area (Å²) in [6.07, 6.45) is 3.48. The lowest BCUT2D eigenvalue weighted by Gasteiger charge is -2.43. The SMILES string of the molecule is O=C(NCc1ccco1)C1CCCN1CC1(CO)COC1. The second-order valence-corrected chi connectivity index (χ2v) is 6.08. The summed E-state index contributed by atoms with van der Waals surface area (Å²) in [5, 5.41) is 12.5. The van der Waals surface area contributed by atoms with Gasteiger partial charge in [-0.15, -0.1) is 0 Å². The van der Waals surface area contributed by atoms with Crippen LogP contribution in [0.3, 0.4) is 0 Å². The van der Waals surface area contributed by atoms with E-state index in [1.165, 1.54) is 0 Å². The van der Waals surface area contributed by atoms with Crippen LogP contribution in [-0.2, 0) is 16.1 Å². The lowest BCUT2D eigenvalue weighted by molar-refractivity contribution is -0.152. The van der Waals surface area contributed by atoms with Crippen molar-refractivity contribution in [1.82, 2.24) is 10.2 Å². The standard InChI is InChI=1S/C15H22N2O4/c18-9-15(10-20-11-15)8-17-5-1-4-13(17)14(19)16-7-12-3-2-6-21-12/h2-3,6,13,18H,1,4-5,7-11H2,(H,16,19). The van der Waals surface area contributed by atoms with Crippen LogP contribution in [0.5, 0.6) is 0 Å². The minimum Gasteiger partial charge on any atom is -0.467 e. The van der Waals surface area contributed by atoms with Crippen LogP contribution in [0.4, 0.5) is 0 Å². The van der Waals surface area contributed by atoms with Gasteiger partial charge < -0.3 is 19.6 Å². The van der Waals surface area contributed by atoms with Crippen molar-refractivity contribution in [3.8, 4) is 0 Å². The summed E-state index contributed by atoms with van der Waals surface area (Å²) < 4.78 is 10.5. The van der Waals surface area contributed by atoms with Gasteiger partial charge in [0.1, 0.15) is 5.76 Å². The first-order chi connectivity index (χ1) is 10.2. The van der Waals surface area contributed by atoms with Gasteiger partial charge in [0.2, 0.25) is 5.91 Å². The van der Waals surface area contributed by atoms with Crippen molar-refractivity contribution >= 4 is 5.91 Å². The van der Waals surface area contributed by atoms with E-state index in [-0.39, 0.29) is 24.0 Å². The maximum Gasteiger partial charge on any atom is 0.237 e. The fourth-order valence-electron chi connectivity index (χ4n) is 3.07. The zero-order valence-corrected chi connectivity index (χ0v) is 12.1. The number of hydrogen-bond acceptors (Lipinski definition) is 5. The van der Waals surface area contributed by atoms with E-state index in [0.717, 1.165) is 31.7 Å². The largest absolute Gasteiger partial charge is 0.467 e. The first kappa shape index (κ1) is 14.6. The Labute approximate surface area is 124 Å². The number of carbonyl (C=O) groups is 1. The molecule has 2 aliphatic heterocycles. The number of rotatable bonds is 6. The molecule has 1 atom stereocenters. The molecule has 0 bridgehead atoms. The van der Waals surface area contributed by atoms with Crippen LogP contribution in [0.1, 0.15) is 18.6 Å². The first-order valence-corrected chi connectivity index (χ1v) is 7.45. The van der Waals surface area contributed by atoms with E-state index in [1.807, 2.05) is 12.1 Å². The summed E-state index contributed by atoms with van der Waals surface area (Å²) in [5.74, 6) is 0.796. The predicted octanol–water partition coefficient (Wildman–Crippen LogP) is 0.369. The molecular weight excluding hydrogens is 272 g/mol. The van der Waals surface area contributed by atoms with Crippen molar-refractivity contribution in [3.05, 3.63) is 24.2 Å². The molecule has 6 heteroatoms. The predicted molar refractivity (Wildman–Crippen MR) is 75.5 cm³/mol. The molecule has 0 aromatic carbocycles. The van der Waals surface area contributed by atoms with Crippen molar-refractivity contribution in [2.45, 2.75) is 25.4 Å². The molecule has 1 amide bonds. The van der Waals surface area contributed by atoms with E-state index in [4.69, 9.17) is 9.15 Å². The molecule has 1 aromatic rings. The fourth-order valence-corrected chi connectivity index (χ4v) is 3.07. The molecule has 21 heavy (non-hydrogen) atoms. The minimum atomic E-state index is -0.177. The maximum atomic E-state index is 12.3. The summed E-state index contributed by atoms with van der Waals surface area (Å²) in [5.41, 5.74) is -0.177. The van der Waals surface area contributed by atoms with Gasteiger partial charge in [-0.1, -0.05) is 0 Å². The zero-order valence-electron chi connectivity index (χ0n) is 12.1. The molecular formula is C15H22N2O4. The molecule has 6 nitrogen and oxygen atoms in total. The average Bonchev–Trinajstić information content (AvgIpc) is 3.11. The number of aliphatic hydroxyl groups excluding tert-OH is 1. The summed E-state index contributed by atoms with van der Waals surface area (Å²) in [6, 6.07) is 3.55. The highest BCUT2D eigenvalue weighted by molar-refractivity contribution is 5.81. The highest BCUT2D eigenvalue weighted by Crippen LogP contribution is 2.31. The van der Waals surface area contributed by atoms with E-state index in [2.05, 4.69) is 10.2 Å². The number of likely N-dealkylation sites (tertiary alicyclic amines) is 1. The Morgan fingerprint density at radius 1 is 1.52 bits per heavy atom. The van der Waals surface area contributed by atoms with Gasteiger partial charge in [-0.05, 0) is 31.5 Å². The number of amides is 1. The highest BCUT2D eigenvalue weighted by Gasteiger charge is 2.43. The third kappa shape index (κ3) is 3.12. The monoisotopic (exact) mass is 294 g/mol. The quantitative estimate of drug-likeness (QED) is 0.793. The fraction of sp³-hybridized carbons (Fsp3) is 0.667. The number of nitrogens with one attached hydrogen (secondary N) is 1. The van der Waals surface area contributed by atoms with Crippen molar-refractivity contribution in [2.24, 2.45) is 5.41 Å². The molecule has 2 fully saturated rings. The van der Waals surface area contributed by atoms with E-state index >= 15 is 0 Å². The molecule has 3 rings (SSSR count). The second kappa shape index (κ2) is 6.17. The molecule has 2 saturated heterocycles. The van der Waals surface area contributed by atoms with E-state index in [0.29, 0.717) is 19.8 Å². The van der Waals surface area contributed by atoms with Gasteiger partial charge in [0.25, 0.3) is 0 Å². The molecule has 2 N–H and O–H groups in total. The Morgan fingerprint density at radius 2 is 2.38 bits per heavy atom. The molecule has 1 aromatic heterocycles. The minimum absolute atomic E-state index is 0.0391. The topological polar surface area (TPSA) is 74.9 Å². The van der Waals surface area contributed by atoms with Crippen molar-refractivity contribution in [2.75, 3.05) is 32.9 Å². The number of furan rings is 1. The molecule has 116 valence electrons. The molecule has 0 radical (unpaired) electrons. The van der Waals surface area contributed by atoms with Crippen LogP contribution in [0, 0.1) is 5.41 Å². The summed E-state index contributed by atoms with van der Waals surface area (Å²) in [4.78, 5) is 14.5. The summed E-state index contributed by atoms with van der Waals surface area (Å²) in [6.45, 7) is 3.33. The van der Waals surface area contributed by atoms with Gasteiger partial charge in [-0.2, -0.15) is 0 Å². The average molecular weight is 294 g/mol. The number of hydrogen-bond donors (Lipinski definition) is 2. The Morgan fingerprint density at radius 3 is 3.00 bits per heavy atom. The summed E-state index contributed by atoms with van der Waals surface area (Å²) >= 11 is 0. The number of carbonyl (C=O) groups excluding carboxylic acids is 1. The molecule has 0 aliphatic carbocycles. The van der Waals surface area contributed by atoms with Crippen molar-refractivity contribution < 1.29 is 19.1 Å². The normalized spacial score (nSPS) is 24.7. The van der Waals surface area contributed by atoms with Crippen LogP contribution >= 0.6 is 0 Å². The van der Waals surface area contributed by atoms with Gasteiger partial charge in [0, 0.05) is 6.54 Å². The van der Waals surface area contributed by atoms with Crippen molar-refractivity contribution in [3.63, 3.8) is 0 Å². The van der Waals surface area contributed by atoms with Crippen LogP contribution in [0.25, 0.3) is 0 Å². The Bertz CT molecular complexity index is 465. The van der Waals surface area contributed by atoms with Gasteiger partial charge >= 0.3 is 0 Å². The van der Waals surface area contributed by atoms with Gasteiger partial charge in [-0.25, -0.2) is 0 Å². The molecule has 1 unspecified atom stereocenters. The van der Waals surface area contributed by atoms with E-state index in [9.17, 15) is 9.90 Å². The molecule has 3 heterocycles. The van der Waals surface area contributed by atoms with Crippen LogP contribution in [0.2, 0.25) is 0 Å². The Kier molecular flexibility index (Phi) is 4.28. The number of aliphatic hydroxyl groups is 1. The van der Waals surface area contributed by atoms with Crippen molar-refractivity contribution in [1.29, 1.82) is 0 Å². The van der Waals surface area contributed by atoms with Crippen LogP contribution in [-0.4, -0.2) is 54.9 Å². The lowest BCUT2D eigenvalue weighted by Crippen LogP contribution is -2.56. The van der Waals surface area contributed by atoms with E-state index < -0.39 is 0 Å². The second-order valence-electron chi connectivity index (χ2n) is 6.08. The summed E-state index contributed by atoms with van der Waals surface area (Å²) in [7, 11) is 0. The van der Waals surface area contributed by atoms with Gasteiger partial charge in [0.15, 0.2) is 0 Å². The van der Waals surface area contributed by atoms with Gasteiger partial charge in [0.05, 0.1) is 44.1 Å². The van der Waals surface area contributed by atoms with Crippen LogP contribution < -0.4 is 5.32 Å². The third-order valence-electron chi connectivity index (χ3n) is 4.37. The maximum absolute atomic E-state index is 12.3. The number of ether oxygens (including phenoxy) is 1. The first-order valence-electron chi connectivity index (χ1n) is 7.45. The lowest BCUT2D eigenvalue weighted by atomic mass is 9.86. The van der Waals surface area contributed by atoms with Gasteiger partial charge in [-0.3, -0.25) is 9.69 Å².